The second-order valence-corrected chi connectivity index (χ2v) is 3.84. The lowest BCUT2D eigenvalue weighted by Gasteiger charge is -2.28. The average molecular weight is 219 g/mol. The number of aryl methyl sites for hydroxylation is 1. The fourth-order valence-corrected chi connectivity index (χ4v) is 2.00. The number of H-pyrrole nitrogens is 1. The molecule has 2 aromatic rings. The fourth-order valence-electron chi connectivity index (χ4n) is 2.00. The minimum Gasteiger partial charge on any atom is -0.378 e. The molecule has 6 heteroatoms. The summed E-state index contributed by atoms with van der Waals surface area (Å²) in [7, 11) is 0. The lowest BCUT2D eigenvalue weighted by atomic mass is 10.2. The van der Waals surface area contributed by atoms with Gasteiger partial charge in [0.15, 0.2) is 5.65 Å². The number of aromatic amines is 1. The highest BCUT2D eigenvalue weighted by atomic mass is 16.5. The number of ether oxygens (including phenoxy) is 1. The van der Waals surface area contributed by atoms with Gasteiger partial charge in [-0.15, -0.1) is 0 Å². The van der Waals surface area contributed by atoms with Crippen LogP contribution in [0.5, 0.6) is 0 Å². The highest BCUT2D eigenvalue weighted by molar-refractivity contribution is 5.89. The van der Waals surface area contributed by atoms with Crippen molar-refractivity contribution in [1.82, 2.24) is 20.2 Å². The monoisotopic (exact) mass is 219 g/mol. The van der Waals surface area contributed by atoms with Crippen molar-refractivity contribution in [2.24, 2.45) is 0 Å². The Kier molecular flexibility index (Phi) is 2.21. The van der Waals surface area contributed by atoms with Crippen molar-refractivity contribution in [3.63, 3.8) is 0 Å². The first-order valence-electron chi connectivity index (χ1n) is 5.34. The Hall–Kier alpha value is -1.69. The van der Waals surface area contributed by atoms with Crippen molar-refractivity contribution in [2.75, 3.05) is 31.2 Å². The van der Waals surface area contributed by atoms with Crippen molar-refractivity contribution < 1.29 is 4.74 Å². The number of hydrogen-bond acceptors (Lipinski definition) is 5. The molecule has 1 fully saturated rings. The molecular formula is C10H13N5O. The smallest absolute Gasteiger partial charge is 0.186 e. The summed E-state index contributed by atoms with van der Waals surface area (Å²) in [6.07, 6.45) is 1.56. The topological polar surface area (TPSA) is 66.9 Å². The maximum Gasteiger partial charge on any atom is 0.186 e. The first kappa shape index (κ1) is 9.53. The van der Waals surface area contributed by atoms with Crippen LogP contribution in [0.3, 0.4) is 0 Å². The Balaban J connectivity index is 2.10. The zero-order chi connectivity index (χ0) is 11.0. The van der Waals surface area contributed by atoms with Crippen LogP contribution in [0.2, 0.25) is 0 Å². The maximum atomic E-state index is 5.34. The molecule has 3 rings (SSSR count). The average Bonchev–Trinajstić information content (AvgIpc) is 2.73. The van der Waals surface area contributed by atoms with Crippen LogP contribution in [-0.2, 0) is 4.74 Å². The number of hydrogen-bond donors (Lipinski definition) is 1. The molecule has 0 radical (unpaired) electrons. The lowest BCUT2D eigenvalue weighted by Crippen LogP contribution is -2.36. The third kappa shape index (κ3) is 1.42. The lowest BCUT2D eigenvalue weighted by molar-refractivity contribution is 0.122. The van der Waals surface area contributed by atoms with Crippen LogP contribution in [-0.4, -0.2) is 46.5 Å². The first-order valence-corrected chi connectivity index (χ1v) is 5.34. The van der Waals surface area contributed by atoms with E-state index in [4.69, 9.17) is 4.74 Å². The normalized spacial score (nSPS) is 16.9. The molecule has 0 aliphatic carbocycles. The van der Waals surface area contributed by atoms with E-state index in [1.165, 1.54) is 0 Å². The fraction of sp³-hybridized carbons (Fsp3) is 0.500. The van der Waals surface area contributed by atoms with Gasteiger partial charge in [-0.2, -0.15) is 5.10 Å². The maximum absolute atomic E-state index is 5.34. The second kappa shape index (κ2) is 3.71. The number of rotatable bonds is 1. The Morgan fingerprint density at radius 3 is 2.94 bits per heavy atom. The van der Waals surface area contributed by atoms with Crippen LogP contribution < -0.4 is 4.90 Å². The van der Waals surface area contributed by atoms with E-state index >= 15 is 0 Å². The number of nitrogens with zero attached hydrogens (tertiary/aromatic N) is 4. The molecule has 0 unspecified atom stereocenters. The molecule has 0 saturated carbocycles. The van der Waals surface area contributed by atoms with E-state index in [1.54, 1.807) is 6.33 Å². The summed E-state index contributed by atoms with van der Waals surface area (Å²) in [5.74, 6) is 0.958. The molecule has 6 nitrogen and oxygen atoms in total. The Morgan fingerprint density at radius 2 is 2.12 bits per heavy atom. The molecule has 16 heavy (non-hydrogen) atoms. The van der Waals surface area contributed by atoms with Crippen LogP contribution >= 0.6 is 0 Å². The van der Waals surface area contributed by atoms with Gasteiger partial charge in [0, 0.05) is 18.8 Å². The minimum atomic E-state index is 0.731. The van der Waals surface area contributed by atoms with Gasteiger partial charge >= 0.3 is 0 Å². The van der Waals surface area contributed by atoms with Gasteiger partial charge in [0.05, 0.1) is 18.6 Å². The summed E-state index contributed by atoms with van der Waals surface area (Å²) in [6.45, 7) is 5.24. The van der Waals surface area contributed by atoms with Crippen LogP contribution in [0.25, 0.3) is 11.0 Å². The number of morpholine rings is 1. The molecule has 0 bridgehead atoms. The number of aromatic nitrogens is 4. The highest BCUT2D eigenvalue weighted by Crippen LogP contribution is 2.24. The summed E-state index contributed by atoms with van der Waals surface area (Å²) in [5.41, 5.74) is 1.74. The van der Waals surface area contributed by atoms with Gasteiger partial charge in [0.1, 0.15) is 12.1 Å². The molecule has 1 aliphatic rings. The predicted molar refractivity (Wildman–Crippen MR) is 59.5 cm³/mol. The van der Waals surface area contributed by atoms with E-state index in [0.717, 1.165) is 48.8 Å². The van der Waals surface area contributed by atoms with Gasteiger partial charge in [0.25, 0.3) is 0 Å². The summed E-state index contributed by atoms with van der Waals surface area (Å²) < 4.78 is 5.34. The summed E-state index contributed by atoms with van der Waals surface area (Å²) >= 11 is 0. The molecule has 84 valence electrons. The summed E-state index contributed by atoms with van der Waals surface area (Å²) in [5, 5.41) is 8.10. The van der Waals surface area contributed by atoms with E-state index in [2.05, 4.69) is 25.1 Å². The largest absolute Gasteiger partial charge is 0.378 e. The third-order valence-corrected chi connectivity index (χ3v) is 2.82. The summed E-state index contributed by atoms with van der Waals surface area (Å²) in [6, 6.07) is 0. The molecule has 2 aromatic heterocycles. The molecule has 1 saturated heterocycles. The van der Waals surface area contributed by atoms with Crippen LogP contribution in [0.15, 0.2) is 6.33 Å². The zero-order valence-corrected chi connectivity index (χ0v) is 9.10. The second-order valence-electron chi connectivity index (χ2n) is 3.84. The Bertz CT molecular complexity index is 503. The molecule has 0 spiro atoms. The molecule has 0 amide bonds. The van der Waals surface area contributed by atoms with Gasteiger partial charge in [-0.25, -0.2) is 9.97 Å². The Morgan fingerprint density at radius 1 is 1.31 bits per heavy atom. The van der Waals surface area contributed by atoms with Crippen molar-refractivity contribution in [3.8, 4) is 0 Å². The van der Waals surface area contributed by atoms with Gasteiger partial charge in [-0.1, -0.05) is 0 Å². The molecule has 1 N–H and O–H groups in total. The van der Waals surface area contributed by atoms with Crippen molar-refractivity contribution in [2.45, 2.75) is 6.92 Å². The van der Waals surface area contributed by atoms with Crippen LogP contribution in [0, 0.1) is 6.92 Å². The van der Waals surface area contributed by atoms with Crippen molar-refractivity contribution in [3.05, 3.63) is 12.0 Å². The van der Waals surface area contributed by atoms with Gasteiger partial charge in [0.2, 0.25) is 0 Å². The van der Waals surface area contributed by atoms with Gasteiger partial charge in [-0.3, -0.25) is 5.10 Å². The Labute approximate surface area is 92.6 Å². The first-order chi connectivity index (χ1) is 7.86. The third-order valence-electron chi connectivity index (χ3n) is 2.82. The molecule has 3 heterocycles. The SMILES string of the molecule is Cc1[nH]nc2ncnc(N3CCOCC3)c12. The summed E-state index contributed by atoms with van der Waals surface area (Å²) in [4.78, 5) is 10.7. The van der Waals surface area contributed by atoms with Crippen molar-refractivity contribution >= 4 is 16.9 Å². The van der Waals surface area contributed by atoms with E-state index < -0.39 is 0 Å². The van der Waals surface area contributed by atoms with E-state index in [0.29, 0.717) is 0 Å². The molecule has 0 aromatic carbocycles. The molecular weight excluding hydrogens is 206 g/mol. The van der Waals surface area contributed by atoms with Gasteiger partial charge in [-0.05, 0) is 6.92 Å². The zero-order valence-electron chi connectivity index (χ0n) is 9.10. The van der Waals surface area contributed by atoms with E-state index in [9.17, 15) is 0 Å². The molecule has 1 aliphatic heterocycles. The van der Waals surface area contributed by atoms with Crippen molar-refractivity contribution in [1.29, 1.82) is 0 Å². The number of nitrogens with one attached hydrogen (secondary N) is 1. The van der Waals surface area contributed by atoms with Crippen LogP contribution in [0.4, 0.5) is 5.82 Å². The van der Waals surface area contributed by atoms with Crippen LogP contribution in [0.1, 0.15) is 5.69 Å². The van der Waals surface area contributed by atoms with E-state index in [1.807, 2.05) is 6.92 Å². The molecule has 0 atom stereocenters. The quantitative estimate of drug-likeness (QED) is 0.756. The minimum absolute atomic E-state index is 0.731. The number of fused-ring (bicyclic) bond motifs is 1. The predicted octanol–water partition coefficient (Wildman–Crippen LogP) is 0.498. The standard InChI is InChI=1S/C10H13N5O/c1-7-8-9(14-13-7)11-6-12-10(8)15-2-4-16-5-3-15/h6H,2-5H2,1H3,(H,11,12,13,14). The number of anilines is 1. The van der Waals surface area contributed by atoms with Gasteiger partial charge < -0.3 is 9.64 Å². The van der Waals surface area contributed by atoms with E-state index in [-0.39, 0.29) is 0 Å². The highest BCUT2D eigenvalue weighted by Gasteiger charge is 2.17.